The molecule has 0 aromatic rings. The van der Waals surface area contributed by atoms with Crippen LogP contribution >= 0.6 is 0 Å². The van der Waals surface area contributed by atoms with E-state index in [4.69, 9.17) is 0 Å². The molecule has 0 atom stereocenters. The van der Waals surface area contributed by atoms with Crippen LogP contribution in [0.4, 0.5) is 17.6 Å². The SMILES string of the molecule is O=S(=O)(CF)[N-]S(=O)(=O)C(F)(F)F. The molecule has 0 radical (unpaired) electrons. The lowest BCUT2D eigenvalue weighted by Gasteiger charge is -2.19. The molecule has 0 saturated heterocycles. The molecule has 0 aliphatic carbocycles. The zero-order valence-corrected chi connectivity index (χ0v) is 7.25. The van der Waals surface area contributed by atoms with E-state index in [1.165, 1.54) is 4.13 Å². The normalized spacial score (nSPS) is 14.5. The summed E-state index contributed by atoms with van der Waals surface area (Å²) < 4.78 is 87.1. The number of sulfonamides is 2. The van der Waals surface area contributed by atoms with Gasteiger partial charge in [-0.1, -0.05) is 0 Å². The molecule has 0 aliphatic heterocycles. The molecule has 0 heterocycles. The van der Waals surface area contributed by atoms with Gasteiger partial charge in [0.05, 0.1) is 0 Å². The molecule has 0 saturated carbocycles. The van der Waals surface area contributed by atoms with E-state index in [0.717, 1.165) is 0 Å². The second kappa shape index (κ2) is 3.38. The molecule has 0 aromatic heterocycles. The Bertz CT molecular complexity index is 365. The van der Waals surface area contributed by atoms with Gasteiger partial charge in [0.2, 0.25) is 0 Å². The topological polar surface area (TPSA) is 82.4 Å². The minimum absolute atomic E-state index is 1.38. The van der Waals surface area contributed by atoms with Crippen LogP contribution in [0, 0.1) is 0 Å². The lowest BCUT2D eigenvalue weighted by molar-refractivity contribution is -0.0425. The van der Waals surface area contributed by atoms with E-state index in [2.05, 4.69) is 0 Å². The molecule has 13 heavy (non-hydrogen) atoms. The first-order valence-electron chi connectivity index (χ1n) is 2.36. The number of hydrogen-bond acceptors (Lipinski definition) is 4. The van der Waals surface area contributed by atoms with Crippen molar-refractivity contribution >= 4 is 20.0 Å². The molecule has 0 spiro atoms. The molecule has 0 bridgehead atoms. The zero-order valence-electron chi connectivity index (χ0n) is 5.62. The van der Waals surface area contributed by atoms with Crippen LogP contribution in [0.3, 0.4) is 0 Å². The van der Waals surface area contributed by atoms with E-state index in [9.17, 15) is 34.4 Å². The van der Waals surface area contributed by atoms with Crippen LogP contribution in [0.15, 0.2) is 0 Å². The summed E-state index contributed by atoms with van der Waals surface area (Å²) in [5, 5.41) is 0. The molecule has 0 fully saturated rings. The number of alkyl halides is 4. The summed E-state index contributed by atoms with van der Waals surface area (Å²) in [4.78, 5) is 0. The molecule has 0 unspecified atom stereocenters. The quantitative estimate of drug-likeness (QED) is 0.675. The van der Waals surface area contributed by atoms with Crippen molar-refractivity contribution in [1.29, 1.82) is 0 Å². The van der Waals surface area contributed by atoms with Gasteiger partial charge in [-0.25, -0.2) is 21.2 Å². The summed E-state index contributed by atoms with van der Waals surface area (Å²) in [6, 6.07) is -2.30. The van der Waals surface area contributed by atoms with E-state index in [1.54, 1.807) is 0 Å². The Labute approximate surface area is 70.8 Å². The van der Waals surface area contributed by atoms with Crippen LogP contribution in [0.2, 0.25) is 0 Å². The second-order valence-electron chi connectivity index (χ2n) is 1.69. The smallest absolute Gasteiger partial charge is 0.426 e. The Balaban J connectivity index is 4.97. The molecule has 0 aromatic carbocycles. The van der Waals surface area contributed by atoms with E-state index < -0.39 is 31.6 Å². The summed E-state index contributed by atoms with van der Waals surface area (Å²) >= 11 is 0. The highest BCUT2D eigenvalue weighted by Gasteiger charge is 2.40. The van der Waals surface area contributed by atoms with Gasteiger partial charge in [-0.05, 0) is 0 Å². The van der Waals surface area contributed by atoms with Gasteiger partial charge < -0.3 is 4.13 Å². The van der Waals surface area contributed by atoms with Gasteiger partial charge in [0.1, 0.15) is 10.0 Å². The van der Waals surface area contributed by atoms with Crippen molar-refractivity contribution in [1.82, 2.24) is 0 Å². The van der Waals surface area contributed by atoms with E-state index in [1.807, 2.05) is 0 Å². The third kappa shape index (κ3) is 3.44. The van der Waals surface area contributed by atoms with Crippen molar-refractivity contribution < 1.29 is 34.4 Å². The number of nitrogens with zero attached hydrogens (tertiary/aromatic N) is 1. The largest absolute Gasteiger partial charge is 0.480 e. The first kappa shape index (κ1) is 12.6. The predicted molar refractivity (Wildman–Crippen MR) is 33.2 cm³/mol. The first-order valence-corrected chi connectivity index (χ1v) is 5.41. The van der Waals surface area contributed by atoms with Crippen molar-refractivity contribution in [3.63, 3.8) is 0 Å². The van der Waals surface area contributed by atoms with Crippen LogP contribution in [0.25, 0.3) is 4.13 Å². The highest BCUT2D eigenvalue weighted by molar-refractivity contribution is 8.12. The lowest BCUT2D eigenvalue weighted by Crippen LogP contribution is -2.24. The molecular weight excluding hydrogens is 242 g/mol. The van der Waals surface area contributed by atoms with Gasteiger partial charge in [0, 0.05) is 0 Å². The average molecular weight is 244 g/mol. The van der Waals surface area contributed by atoms with E-state index in [0.29, 0.717) is 0 Å². The number of rotatable bonds is 3. The highest BCUT2D eigenvalue weighted by Crippen LogP contribution is 2.29. The number of halogens is 4. The van der Waals surface area contributed by atoms with Crippen LogP contribution in [-0.2, 0) is 20.0 Å². The molecular formula is C2H2F4NO4S2-. The van der Waals surface area contributed by atoms with E-state index >= 15 is 0 Å². The predicted octanol–water partition coefficient (Wildman–Crippen LogP) is 0.467. The maximum atomic E-state index is 11.4. The standard InChI is InChI=1S/C2H2F4NO4S2/c3-1-12(8,9)7-13(10,11)2(4,5)6/h1H2/q-1. The molecule has 0 aliphatic rings. The van der Waals surface area contributed by atoms with Crippen molar-refractivity contribution in [3.05, 3.63) is 4.13 Å². The van der Waals surface area contributed by atoms with Crippen molar-refractivity contribution in [2.75, 3.05) is 6.01 Å². The Morgan fingerprint density at radius 2 is 1.46 bits per heavy atom. The van der Waals surface area contributed by atoms with Gasteiger partial charge in [0.25, 0.3) is 0 Å². The summed E-state index contributed by atoms with van der Waals surface area (Å²) in [5.74, 6) is 0. The minimum Gasteiger partial charge on any atom is -0.426 e. The Morgan fingerprint density at radius 3 is 1.69 bits per heavy atom. The summed E-state index contributed by atoms with van der Waals surface area (Å²) in [5.41, 5.74) is -5.84. The molecule has 11 heteroatoms. The van der Waals surface area contributed by atoms with Gasteiger partial charge in [0.15, 0.2) is 16.0 Å². The van der Waals surface area contributed by atoms with Crippen LogP contribution < -0.4 is 0 Å². The molecule has 0 rings (SSSR count). The zero-order chi connectivity index (χ0) is 10.9. The maximum Gasteiger partial charge on any atom is 0.480 e. The number of hydrogen-bond donors (Lipinski definition) is 0. The second-order valence-corrected chi connectivity index (χ2v) is 5.08. The summed E-state index contributed by atoms with van der Waals surface area (Å²) in [6.07, 6.45) is 0. The minimum atomic E-state index is -6.17. The Kier molecular flexibility index (Phi) is 3.27. The third-order valence-corrected chi connectivity index (χ3v) is 3.20. The molecule has 80 valence electrons. The van der Waals surface area contributed by atoms with Crippen molar-refractivity contribution in [2.45, 2.75) is 5.51 Å². The molecule has 0 amide bonds. The third-order valence-electron chi connectivity index (χ3n) is 0.642. The first-order chi connectivity index (χ1) is 5.52. The molecule has 5 nitrogen and oxygen atoms in total. The fourth-order valence-electron chi connectivity index (χ4n) is 0.212. The van der Waals surface area contributed by atoms with Gasteiger partial charge in [-0.15, -0.1) is 0 Å². The van der Waals surface area contributed by atoms with Gasteiger partial charge >= 0.3 is 5.51 Å². The Hall–Kier alpha value is -0.420. The van der Waals surface area contributed by atoms with Crippen LogP contribution in [0.5, 0.6) is 0 Å². The lowest BCUT2D eigenvalue weighted by atomic mass is 11.6. The summed E-state index contributed by atoms with van der Waals surface area (Å²) in [6.45, 7) is 0. The fraction of sp³-hybridized carbons (Fsp3) is 1.00. The summed E-state index contributed by atoms with van der Waals surface area (Å²) in [7, 11) is -11.4. The van der Waals surface area contributed by atoms with Crippen LogP contribution in [-0.4, -0.2) is 28.4 Å². The Morgan fingerprint density at radius 1 is 1.08 bits per heavy atom. The molecule has 0 N–H and O–H groups in total. The fourth-order valence-corrected chi connectivity index (χ4v) is 1.91. The monoisotopic (exact) mass is 244 g/mol. The van der Waals surface area contributed by atoms with Crippen molar-refractivity contribution in [3.8, 4) is 0 Å². The van der Waals surface area contributed by atoms with E-state index in [-0.39, 0.29) is 0 Å². The average Bonchev–Trinajstić information content (AvgIpc) is 1.83. The van der Waals surface area contributed by atoms with Crippen molar-refractivity contribution in [2.24, 2.45) is 0 Å². The maximum absolute atomic E-state index is 11.4. The van der Waals surface area contributed by atoms with Gasteiger partial charge in [-0.3, -0.25) is 0 Å². The van der Waals surface area contributed by atoms with Gasteiger partial charge in [-0.2, -0.15) is 13.2 Å². The highest BCUT2D eigenvalue weighted by atomic mass is 32.3. The van der Waals surface area contributed by atoms with Crippen LogP contribution in [0.1, 0.15) is 0 Å².